The number of nitrogens with zero attached hydrogens (tertiary/aromatic N) is 4. The molecule has 158 valence electrons. The second-order valence-electron chi connectivity index (χ2n) is 6.86. The summed E-state index contributed by atoms with van der Waals surface area (Å²) in [6, 6.07) is 16.7. The molecule has 1 aromatic heterocycles. The van der Waals surface area contributed by atoms with Gasteiger partial charge in [-0.05, 0) is 29.8 Å². The van der Waals surface area contributed by atoms with Crippen molar-refractivity contribution < 1.29 is 18.8 Å². The van der Waals surface area contributed by atoms with Crippen molar-refractivity contribution in [2.24, 2.45) is 5.10 Å². The molecule has 2 heterocycles. The summed E-state index contributed by atoms with van der Waals surface area (Å²) >= 11 is 5.86. The minimum Gasteiger partial charge on any atom is -0.456 e. The Hall–Kier alpha value is -3.52. The normalized spacial score (nSPS) is 13.2. The summed E-state index contributed by atoms with van der Waals surface area (Å²) in [7, 11) is 0. The Labute approximate surface area is 183 Å². The topological polar surface area (TPSA) is 97.9 Å². The van der Waals surface area contributed by atoms with E-state index in [9.17, 15) is 9.59 Å². The Balaban J connectivity index is 1.23. The van der Waals surface area contributed by atoms with Crippen molar-refractivity contribution in [2.45, 2.75) is 25.9 Å². The summed E-state index contributed by atoms with van der Waals surface area (Å²) in [5.41, 5.74) is 2.59. The number of hydrogen-bond acceptors (Lipinski definition) is 7. The van der Waals surface area contributed by atoms with Gasteiger partial charge in [0, 0.05) is 23.4 Å². The molecule has 0 N–H and O–H groups in total. The maximum atomic E-state index is 12.3. The van der Waals surface area contributed by atoms with Crippen molar-refractivity contribution in [3.8, 4) is 11.4 Å². The number of aromatic nitrogens is 2. The van der Waals surface area contributed by atoms with Crippen LogP contribution in [0.2, 0.25) is 5.02 Å². The fourth-order valence-corrected chi connectivity index (χ4v) is 3.18. The first-order valence-corrected chi connectivity index (χ1v) is 10.1. The second-order valence-corrected chi connectivity index (χ2v) is 7.30. The van der Waals surface area contributed by atoms with Gasteiger partial charge in [-0.3, -0.25) is 9.59 Å². The van der Waals surface area contributed by atoms with Gasteiger partial charge in [0.25, 0.3) is 5.89 Å². The third kappa shape index (κ3) is 5.35. The lowest BCUT2D eigenvalue weighted by Gasteiger charge is -2.10. The number of rotatable bonds is 7. The van der Waals surface area contributed by atoms with Crippen molar-refractivity contribution in [3.05, 3.63) is 71.1 Å². The van der Waals surface area contributed by atoms with Crippen molar-refractivity contribution >= 4 is 29.2 Å². The van der Waals surface area contributed by atoms with E-state index in [0.29, 0.717) is 23.8 Å². The van der Waals surface area contributed by atoms with Crippen LogP contribution in [-0.2, 0) is 20.9 Å². The number of hydrogen-bond donors (Lipinski definition) is 0. The SMILES string of the molecule is O=C(CCC(=O)N1CCC(c2ccccc2)=N1)OCc1nc(-c2ccc(Cl)cc2)no1. The van der Waals surface area contributed by atoms with Gasteiger partial charge in [-0.15, -0.1) is 0 Å². The minimum absolute atomic E-state index is 0.0181. The number of ether oxygens (including phenoxy) is 1. The Morgan fingerprint density at radius 1 is 1.03 bits per heavy atom. The van der Waals surface area contributed by atoms with E-state index in [4.69, 9.17) is 20.9 Å². The number of hydrazone groups is 1. The van der Waals surface area contributed by atoms with Crippen LogP contribution in [0.4, 0.5) is 0 Å². The number of amides is 1. The second kappa shape index (κ2) is 9.53. The van der Waals surface area contributed by atoms with E-state index < -0.39 is 5.97 Å². The van der Waals surface area contributed by atoms with E-state index in [1.54, 1.807) is 24.3 Å². The van der Waals surface area contributed by atoms with Crippen molar-refractivity contribution in [3.63, 3.8) is 0 Å². The molecular weight excluding hydrogens is 420 g/mol. The van der Waals surface area contributed by atoms with Crippen LogP contribution in [0.1, 0.15) is 30.7 Å². The molecule has 1 aliphatic rings. The number of carbonyl (C=O) groups is 2. The highest BCUT2D eigenvalue weighted by Gasteiger charge is 2.22. The summed E-state index contributed by atoms with van der Waals surface area (Å²) in [6.45, 7) is 0.348. The molecule has 8 nitrogen and oxygen atoms in total. The molecule has 0 aliphatic carbocycles. The van der Waals surface area contributed by atoms with Crippen LogP contribution in [0.5, 0.6) is 0 Å². The molecule has 1 aliphatic heterocycles. The molecule has 0 fully saturated rings. The average Bonchev–Trinajstić information content (AvgIpc) is 3.47. The minimum atomic E-state index is -0.522. The summed E-state index contributed by atoms with van der Waals surface area (Å²) in [5.74, 6) is -0.197. The largest absolute Gasteiger partial charge is 0.456 e. The summed E-state index contributed by atoms with van der Waals surface area (Å²) < 4.78 is 10.2. The Morgan fingerprint density at radius 3 is 2.58 bits per heavy atom. The zero-order chi connectivity index (χ0) is 21.6. The fraction of sp³-hybridized carbons (Fsp3) is 0.227. The highest BCUT2D eigenvalue weighted by molar-refractivity contribution is 6.30. The monoisotopic (exact) mass is 438 g/mol. The lowest BCUT2D eigenvalue weighted by atomic mass is 10.1. The van der Waals surface area contributed by atoms with E-state index in [2.05, 4.69) is 15.2 Å². The molecule has 4 rings (SSSR count). The van der Waals surface area contributed by atoms with Gasteiger partial charge in [-0.1, -0.05) is 47.1 Å². The van der Waals surface area contributed by atoms with Crippen LogP contribution in [0.3, 0.4) is 0 Å². The van der Waals surface area contributed by atoms with Crippen LogP contribution >= 0.6 is 11.6 Å². The molecule has 2 aromatic carbocycles. The van der Waals surface area contributed by atoms with Crippen molar-refractivity contribution in [1.29, 1.82) is 0 Å². The summed E-state index contributed by atoms with van der Waals surface area (Å²) in [6.07, 6.45) is 0.654. The van der Waals surface area contributed by atoms with Crippen LogP contribution in [-0.4, -0.2) is 39.3 Å². The quantitative estimate of drug-likeness (QED) is 0.519. The molecular formula is C22H19ClN4O4. The zero-order valence-corrected chi connectivity index (χ0v) is 17.3. The first kappa shape index (κ1) is 20.7. The lowest BCUT2D eigenvalue weighted by molar-refractivity contribution is -0.147. The smallest absolute Gasteiger partial charge is 0.306 e. The predicted molar refractivity (Wildman–Crippen MR) is 113 cm³/mol. The summed E-state index contributed by atoms with van der Waals surface area (Å²) in [4.78, 5) is 28.5. The maximum absolute atomic E-state index is 12.3. The van der Waals surface area contributed by atoms with Gasteiger partial charge in [0.2, 0.25) is 11.7 Å². The molecule has 3 aromatic rings. The van der Waals surface area contributed by atoms with E-state index >= 15 is 0 Å². The van der Waals surface area contributed by atoms with Crippen LogP contribution in [0, 0.1) is 0 Å². The number of esters is 1. The van der Waals surface area contributed by atoms with Gasteiger partial charge in [0.15, 0.2) is 6.61 Å². The first-order chi connectivity index (χ1) is 15.1. The molecule has 0 bridgehead atoms. The average molecular weight is 439 g/mol. The highest BCUT2D eigenvalue weighted by Crippen LogP contribution is 2.19. The van der Waals surface area contributed by atoms with Gasteiger partial charge >= 0.3 is 5.97 Å². The molecule has 0 spiro atoms. The Kier molecular flexibility index (Phi) is 6.37. The molecule has 0 atom stereocenters. The van der Waals surface area contributed by atoms with E-state index in [-0.39, 0.29) is 31.2 Å². The molecule has 0 saturated carbocycles. The van der Waals surface area contributed by atoms with Gasteiger partial charge < -0.3 is 9.26 Å². The van der Waals surface area contributed by atoms with E-state index in [0.717, 1.165) is 16.8 Å². The number of carbonyl (C=O) groups excluding carboxylic acids is 2. The van der Waals surface area contributed by atoms with Crippen molar-refractivity contribution in [2.75, 3.05) is 6.54 Å². The van der Waals surface area contributed by atoms with E-state index in [1.165, 1.54) is 5.01 Å². The number of benzene rings is 2. The molecule has 31 heavy (non-hydrogen) atoms. The Bertz CT molecular complexity index is 1100. The standard InChI is InChI=1S/C22H19ClN4O4/c23-17-8-6-16(7-9-17)22-24-19(31-26-22)14-30-21(29)11-10-20(28)27-13-12-18(25-27)15-4-2-1-3-5-15/h1-9H,10-14H2. The maximum Gasteiger partial charge on any atom is 0.306 e. The predicted octanol–water partition coefficient (Wildman–Crippen LogP) is 3.85. The molecule has 0 radical (unpaired) electrons. The summed E-state index contributed by atoms with van der Waals surface area (Å²) in [5, 5.41) is 10.2. The molecule has 9 heteroatoms. The number of halogens is 1. The lowest BCUT2D eigenvalue weighted by Crippen LogP contribution is -2.24. The van der Waals surface area contributed by atoms with Gasteiger partial charge in [0.1, 0.15) is 0 Å². The first-order valence-electron chi connectivity index (χ1n) is 9.76. The fourth-order valence-electron chi connectivity index (χ4n) is 3.05. The van der Waals surface area contributed by atoms with E-state index in [1.807, 2.05) is 30.3 Å². The molecule has 1 amide bonds. The highest BCUT2D eigenvalue weighted by atomic mass is 35.5. The van der Waals surface area contributed by atoms with Crippen LogP contribution < -0.4 is 0 Å². The Morgan fingerprint density at radius 2 is 1.81 bits per heavy atom. The third-order valence-corrected chi connectivity index (χ3v) is 4.92. The van der Waals surface area contributed by atoms with Crippen LogP contribution in [0.25, 0.3) is 11.4 Å². The van der Waals surface area contributed by atoms with Crippen LogP contribution in [0.15, 0.2) is 64.2 Å². The third-order valence-electron chi connectivity index (χ3n) is 4.67. The zero-order valence-electron chi connectivity index (χ0n) is 16.5. The van der Waals surface area contributed by atoms with Gasteiger partial charge in [0.05, 0.1) is 18.7 Å². The van der Waals surface area contributed by atoms with Gasteiger partial charge in [-0.25, -0.2) is 5.01 Å². The van der Waals surface area contributed by atoms with Crippen molar-refractivity contribution in [1.82, 2.24) is 15.1 Å². The van der Waals surface area contributed by atoms with Gasteiger partial charge in [-0.2, -0.15) is 10.1 Å². The molecule has 0 unspecified atom stereocenters. The molecule has 0 saturated heterocycles.